The zero-order chi connectivity index (χ0) is 9.26. The van der Waals surface area contributed by atoms with Crippen molar-refractivity contribution in [3.8, 4) is 0 Å². The van der Waals surface area contributed by atoms with E-state index in [9.17, 15) is 9.90 Å². The van der Waals surface area contributed by atoms with Crippen molar-refractivity contribution in [2.75, 3.05) is 18.8 Å². The van der Waals surface area contributed by atoms with Crippen LogP contribution in [-0.4, -0.2) is 47.2 Å². The molecule has 2 aliphatic heterocycles. The van der Waals surface area contributed by atoms with Crippen molar-refractivity contribution >= 4 is 22.8 Å². The predicted molar refractivity (Wildman–Crippen MR) is 50.7 cm³/mol. The maximum atomic E-state index is 10.8. The van der Waals surface area contributed by atoms with Crippen molar-refractivity contribution in [2.45, 2.75) is 12.1 Å². The number of aliphatic imine (C=N–C) groups is 1. The van der Waals surface area contributed by atoms with Crippen LogP contribution < -0.4 is 10.6 Å². The lowest BCUT2D eigenvalue weighted by Gasteiger charge is -2.07. The highest BCUT2D eigenvalue weighted by atomic mass is 32.2. The zero-order valence-corrected chi connectivity index (χ0v) is 7.80. The summed E-state index contributed by atoms with van der Waals surface area (Å²) >= 11 is 1.39. The molecule has 2 rings (SSSR count). The number of carbonyl (C=O) groups is 1. The first-order valence-corrected chi connectivity index (χ1v) is 5.13. The van der Waals surface area contributed by atoms with E-state index in [0.29, 0.717) is 24.0 Å². The second kappa shape index (κ2) is 3.65. The second-order valence-corrected chi connectivity index (χ2v) is 4.03. The molecule has 6 heteroatoms. The first kappa shape index (κ1) is 8.98. The fraction of sp³-hybridized carbons (Fsp3) is 0.714. The van der Waals surface area contributed by atoms with E-state index in [1.807, 2.05) is 0 Å². The van der Waals surface area contributed by atoms with Crippen LogP contribution in [0.5, 0.6) is 0 Å². The van der Waals surface area contributed by atoms with Gasteiger partial charge in [0.2, 0.25) is 5.91 Å². The molecule has 0 aliphatic carbocycles. The highest BCUT2D eigenvalue weighted by Gasteiger charge is 2.26. The predicted octanol–water partition coefficient (Wildman–Crippen LogP) is -1.46. The van der Waals surface area contributed by atoms with Gasteiger partial charge in [0.1, 0.15) is 0 Å². The number of thioether (sulfide) groups is 1. The summed E-state index contributed by atoms with van der Waals surface area (Å²) in [6, 6.07) is -0.110. The van der Waals surface area contributed by atoms with Gasteiger partial charge in [0, 0.05) is 13.1 Å². The van der Waals surface area contributed by atoms with Crippen LogP contribution in [0.4, 0.5) is 0 Å². The van der Waals surface area contributed by atoms with Gasteiger partial charge in [0.15, 0.2) is 5.17 Å². The molecule has 0 aromatic heterocycles. The Morgan fingerprint density at radius 2 is 2.38 bits per heavy atom. The molecule has 0 radical (unpaired) electrons. The van der Waals surface area contributed by atoms with Crippen molar-refractivity contribution in [2.24, 2.45) is 4.99 Å². The number of carbonyl (C=O) groups excluding carboxylic acids is 1. The molecule has 5 nitrogen and oxygen atoms in total. The van der Waals surface area contributed by atoms with Crippen LogP contribution in [0.3, 0.4) is 0 Å². The summed E-state index contributed by atoms with van der Waals surface area (Å²) < 4.78 is 0. The fourth-order valence-corrected chi connectivity index (χ4v) is 2.06. The van der Waals surface area contributed by atoms with E-state index < -0.39 is 6.10 Å². The third kappa shape index (κ3) is 2.01. The average molecular weight is 201 g/mol. The highest BCUT2D eigenvalue weighted by molar-refractivity contribution is 8.15. The number of aliphatic hydroxyl groups is 1. The van der Waals surface area contributed by atoms with Gasteiger partial charge in [-0.1, -0.05) is 11.8 Å². The van der Waals surface area contributed by atoms with Crippen molar-refractivity contribution in [1.82, 2.24) is 10.6 Å². The molecule has 13 heavy (non-hydrogen) atoms. The molecule has 0 bridgehead atoms. The summed E-state index contributed by atoms with van der Waals surface area (Å²) in [5.74, 6) is 0.430. The smallest absolute Gasteiger partial charge is 0.236 e. The van der Waals surface area contributed by atoms with E-state index in [1.165, 1.54) is 11.8 Å². The Balaban J connectivity index is 1.99. The minimum atomic E-state index is -0.425. The summed E-state index contributed by atoms with van der Waals surface area (Å²) in [5, 5.41) is 15.7. The lowest BCUT2D eigenvalue weighted by Crippen LogP contribution is -2.27. The molecule has 0 saturated carbocycles. The summed E-state index contributed by atoms with van der Waals surface area (Å²) in [5.41, 5.74) is 0. The lowest BCUT2D eigenvalue weighted by atomic mass is 10.2. The van der Waals surface area contributed by atoms with Gasteiger partial charge in [-0.15, -0.1) is 0 Å². The number of amides is 1. The zero-order valence-electron chi connectivity index (χ0n) is 6.99. The van der Waals surface area contributed by atoms with E-state index in [4.69, 9.17) is 0 Å². The van der Waals surface area contributed by atoms with Gasteiger partial charge in [0.25, 0.3) is 0 Å². The van der Waals surface area contributed by atoms with Crippen LogP contribution in [0.15, 0.2) is 4.99 Å². The van der Waals surface area contributed by atoms with Crippen LogP contribution >= 0.6 is 11.8 Å². The molecule has 1 amide bonds. The summed E-state index contributed by atoms with van der Waals surface area (Å²) in [6.07, 6.45) is -0.425. The Labute approximate surface area is 80.0 Å². The van der Waals surface area contributed by atoms with Crippen LogP contribution in [0.1, 0.15) is 0 Å². The van der Waals surface area contributed by atoms with Gasteiger partial charge in [-0.2, -0.15) is 0 Å². The number of hydrogen-bond acceptors (Lipinski definition) is 5. The van der Waals surface area contributed by atoms with Crippen molar-refractivity contribution < 1.29 is 9.90 Å². The largest absolute Gasteiger partial charge is 0.390 e. The highest BCUT2D eigenvalue weighted by Crippen LogP contribution is 2.12. The first-order chi connectivity index (χ1) is 6.25. The van der Waals surface area contributed by atoms with E-state index >= 15 is 0 Å². The van der Waals surface area contributed by atoms with Crippen LogP contribution in [0.2, 0.25) is 0 Å². The van der Waals surface area contributed by atoms with Gasteiger partial charge in [-0.3, -0.25) is 9.79 Å². The molecule has 0 spiro atoms. The van der Waals surface area contributed by atoms with Gasteiger partial charge >= 0.3 is 0 Å². The fourth-order valence-electron chi connectivity index (χ4n) is 1.33. The van der Waals surface area contributed by atoms with Crippen molar-refractivity contribution in [1.29, 1.82) is 0 Å². The number of nitrogens with one attached hydrogen (secondary N) is 2. The maximum Gasteiger partial charge on any atom is 0.236 e. The average Bonchev–Trinajstić information content (AvgIpc) is 2.64. The Morgan fingerprint density at radius 1 is 1.54 bits per heavy atom. The molecular formula is C7H11N3O2S. The van der Waals surface area contributed by atoms with Crippen LogP contribution in [0.25, 0.3) is 0 Å². The normalized spacial score (nSPS) is 37.0. The number of amidine groups is 1. The quantitative estimate of drug-likeness (QED) is 0.484. The van der Waals surface area contributed by atoms with Gasteiger partial charge in [0.05, 0.1) is 17.9 Å². The second-order valence-electron chi connectivity index (χ2n) is 3.06. The van der Waals surface area contributed by atoms with Crippen LogP contribution in [0, 0.1) is 0 Å². The molecule has 0 aromatic rings. The number of rotatable bonds is 1. The number of aliphatic hydroxyl groups excluding tert-OH is 1. The summed E-state index contributed by atoms with van der Waals surface area (Å²) in [7, 11) is 0. The number of nitrogens with zero attached hydrogens (tertiary/aromatic N) is 1. The third-order valence-electron chi connectivity index (χ3n) is 2.02. The first-order valence-electron chi connectivity index (χ1n) is 4.15. The molecule has 2 fully saturated rings. The van der Waals surface area contributed by atoms with Gasteiger partial charge in [-0.05, 0) is 0 Å². The van der Waals surface area contributed by atoms with E-state index in [1.54, 1.807) is 0 Å². The van der Waals surface area contributed by atoms with Crippen LogP contribution in [-0.2, 0) is 4.79 Å². The Bertz CT molecular complexity index is 256. The number of hydrogen-bond donors (Lipinski definition) is 3. The SMILES string of the molecule is O=C1CSC(=N[C@@H]2CNC[C@H]2O)N1. The topological polar surface area (TPSA) is 73.7 Å². The molecule has 2 aliphatic rings. The molecule has 72 valence electrons. The molecule has 0 aromatic carbocycles. The molecule has 2 saturated heterocycles. The minimum absolute atomic E-state index is 0.0100. The molecular weight excluding hydrogens is 190 g/mol. The monoisotopic (exact) mass is 201 g/mol. The molecule has 0 unspecified atom stereocenters. The van der Waals surface area contributed by atoms with Crippen molar-refractivity contribution in [3.63, 3.8) is 0 Å². The molecule has 2 heterocycles. The lowest BCUT2D eigenvalue weighted by molar-refractivity contribution is -0.116. The molecule has 3 N–H and O–H groups in total. The van der Waals surface area contributed by atoms with Crippen molar-refractivity contribution in [3.05, 3.63) is 0 Å². The van der Waals surface area contributed by atoms with E-state index in [-0.39, 0.29) is 11.9 Å². The van der Waals surface area contributed by atoms with E-state index in [2.05, 4.69) is 15.6 Å². The van der Waals surface area contributed by atoms with E-state index in [0.717, 1.165) is 0 Å². The van der Waals surface area contributed by atoms with Gasteiger partial charge < -0.3 is 15.7 Å². The summed E-state index contributed by atoms with van der Waals surface area (Å²) in [4.78, 5) is 15.1. The Morgan fingerprint density at radius 3 is 2.92 bits per heavy atom. The summed E-state index contributed by atoms with van der Waals surface area (Å²) in [6.45, 7) is 1.27. The maximum absolute atomic E-state index is 10.8. The third-order valence-corrected chi connectivity index (χ3v) is 2.91. The Kier molecular flexibility index (Phi) is 2.52. The molecule has 2 atom stereocenters. The Hall–Kier alpha value is -0.590. The number of β-amino-alcohol motifs (C(OH)–C–C–N with tert-alkyl or cyclic N) is 1. The minimum Gasteiger partial charge on any atom is -0.390 e. The standard InChI is InChI=1S/C7H11N3O2S/c11-5-2-8-1-4(5)9-7-10-6(12)3-13-7/h4-5,8,11H,1-3H2,(H,9,10,12)/t4-,5-/m1/s1. The van der Waals surface area contributed by atoms with Gasteiger partial charge in [-0.25, -0.2) is 0 Å².